The van der Waals surface area contributed by atoms with Crippen LogP contribution in [-0.4, -0.2) is 26.7 Å². The Morgan fingerprint density at radius 1 is 1.05 bits per heavy atom. The van der Waals surface area contributed by atoms with E-state index in [4.69, 9.17) is 11.6 Å². The lowest BCUT2D eigenvalue weighted by atomic mass is 10.1. The second-order valence-electron chi connectivity index (χ2n) is 4.90. The SMILES string of the molecule is Clc1ccc(CCCNc2n[nH]c(-c3ccncc3)n2)cc1. The predicted octanol–water partition coefficient (Wildman–Crippen LogP) is 3.56. The zero-order valence-electron chi connectivity index (χ0n) is 12.0. The molecule has 0 aliphatic rings. The van der Waals surface area contributed by atoms with Crippen LogP contribution in [-0.2, 0) is 6.42 Å². The molecule has 0 saturated carbocycles. The first-order chi connectivity index (χ1) is 10.8. The van der Waals surface area contributed by atoms with Crippen molar-refractivity contribution in [1.82, 2.24) is 20.2 Å². The largest absolute Gasteiger partial charge is 0.353 e. The summed E-state index contributed by atoms with van der Waals surface area (Å²) in [4.78, 5) is 8.40. The number of aromatic nitrogens is 4. The first kappa shape index (κ1) is 14.5. The lowest BCUT2D eigenvalue weighted by Gasteiger charge is -2.02. The van der Waals surface area contributed by atoms with Crippen LogP contribution in [0.4, 0.5) is 5.95 Å². The highest BCUT2D eigenvalue weighted by Gasteiger charge is 2.04. The third kappa shape index (κ3) is 3.83. The Morgan fingerprint density at radius 2 is 1.82 bits per heavy atom. The number of halogens is 1. The normalized spacial score (nSPS) is 10.6. The molecule has 3 aromatic rings. The molecule has 0 fully saturated rings. The summed E-state index contributed by atoms with van der Waals surface area (Å²) in [6.45, 7) is 0.816. The number of aromatic amines is 1. The number of H-pyrrole nitrogens is 1. The van der Waals surface area contributed by atoms with Crippen LogP contribution < -0.4 is 5.32 Å². The van der Waals surface area contributed by atoms with E-state index in [1.807, 2.05) is 24.3 Å². The van der Waals surface area contributed by atoms with Crippen LogP contribution in [0.2, 0.25) is 5.02 Å². The van der Waals surface area contributed by atoms with Gasteiger partial charge in [-0.25, -0.2) is 0 Å². The molecule has 0 amide bonds. The molecule has 22 heavy (non-hydrogen) atoms. The molecule has 0 atom stereocenters. The molecule has 1 aromatic carbocycles. The predicted molar refractivity (Wildman–Crippen MR) is 87.9 cm³/mol. The number of anilines is 1. The summed E-state index contributed by atoms with van der Waals surface area (Å²) in [5.74, 6) is 1.35. The van der Waals surface area contributed by atoms with Gasteiger partial charge >= 0.3 is 0 Å². The van der Waals surface area contributed by atoms with Crippen molar-refractivity contribution in [2.24, 2.45) is 0 Å². The monoisotopic (exact) mass is 313 g/mol. The molecule has 2 heterocycles. The van der Waals surface area contributed by atoms with Gasteiger partial charge in [-0.1, -0.05) is 23.7 Å². The number of benzene rings is 1. The molecule has 5 nitrogen and oxygen atoms in total. The van der Waals surface area contributed by atoms with Gasteiger partial charge in [0.05, 0.1) is 0 Å². The Morgan fingerprint density at radius 3 is 2.59 bits per heavy atom. The molecule has 0 bridgehead atoms. The van der Waals surface area contributed by atoms with E-state index in [2.05, 4.69) is 37.6 Å². The fourth-order valence-electron chi connectivity index (χ4n) is 2.12. The Balaban J connectivity index is 1.48. The van der Waals surface area contributed by atoms with Crippen molar-refractivity contribution in [3.63, 3.8) is 0 Å². The minimum absolute atomic E-state index is 0.614. The van der Waals surface area contributed by atoms with E-state index in [9.17, 15) is 0 Å². The fraction of sp³-hybridized carbons (Fsp3) is 0.188. The van der Waals surface area contributed by atoms with Crippen LogP contribution in [0, 0.1) is 0 Å². The molecule has 3 rings (SSSR count). The van der Waals surface area contributed by atoms with Gasteiger partial charge in [0.15, 0.2) is 5.82 Å². The molecule has 0 spiro atoms. The number of nitrogens with one attached hydrogen (secondary N) is 2. The minimum Gasteiger partial charge on any atom is -0.353 e. The molecule has 0 saturated heterocycles. The summed E-state index contributed by atoms with van der Waals surface area (Å²) >= 11 is 5.87. The zero-order valence-corrected chi connectivity index (χ0v) is 12.7. The van der Waals surface area contributed by atoms with E-state index < -0.39 is 0 Å². The van der Waals surface area contributed by atoms with Gasteiger partial charge in [0.2, 0.25) is 5.95 Å². The minimum atomic E-state index is 0.614. The summed E-state index contributed by atoms with van der Waals surface area (Å²) < 4.78 is 0. The highest BCUT2D eigenvalue weighted by molar-refractivity contribution is 6.30. The molecule has 6 heteroatoms. The first-order valence-electron chi connectivity index (χ1n) is 7.12. The van der Waals surface area contributed by atoms with E-state index in [-0.39, 0.29) is 0 Å². The van der Waals surface area contributed by atoms with Gasteiger partial charge in [0.25, 0.3) is 0 Å². The van der Waals surface area contributed by atoms with E-state index in [1.54, 1.807) is 12.4 Å². The highest BCUT2D eigenvalue weighted by Crippen LogP contribution is 2.14. The number of rotatable bonds is 6. The van der Waals surface area contributed by atoms with Gasteiger partial charge in [-0.3, -0.25) is 10.1 Å². The van der Waals surface area contributed by atoms with Gasteiger partial charge in [-0.15, -0.1) is 5.10 Å². The summed E-state index contributed by atoms with van der Waals surface area (Å²) in [7, 11) is 0. The van der Waals surface area contributed by atoms with Crippen molar-refractivity contribution in [2.45, 2.75) is 12.8 Å². The maximum absolute atomic E-state index is 5.87. The topological polar surface area (TPSA) is 66.5 Å². The maximum atomic E-state index is 5.87. The maximum Gasteiger partial charge on any atom is 0.242 e. The van der Waals surface area contributed by atoms with Crippen molar-refractivity contribution >= 4 is 17.5 Å². The second-order valence-corrected chi connectivity index (χ2v) is 5.34. The van der Waals surface area contributed by atoms with Crippen molar-refractivity contribution in [3.8, 4) is 11.4 Å². The van der Waals surface area contributed by atoms with Crippen molar-refractivity contribution in [2.75, 3.05) is 11.9 Å². The number of pyridine rings is 1. The second kappa shape index (κ2) is 7.04. The number of nitrogens with zero attached hydrogens (tertiary/aromatic N) is 3. The molecule has 2 N–H and O–H groups in total. The molecular weight excluding hydrogens is 298 g/mol. The number of hydrogen-bond acceptors (Lipinski definition) is 4. The van der Waals surface area contributed by atoms with Gasteiger partial charge in [-0.05, 0) is 42.7 Å². The van der Waals surface area contributed by atoms with Crippen LogP contribution >= 0.6 is 11.6 Å². The van der Waals surface area contributed by atoms with Gasteiger partial charge in [0, 0.05) is 29.5 Å². The van der Waals surface area contributed by atoms with Crippen molar-refractivity contribution in [3.05, 3.63) is 59.4 Å². The summed E-state index contributed by atoms with van der Waals surface area (Å²) in [5, 5.41) is 11.1. The zero-order chi connectivity index (χ0) is 15.2. The Bertz CT molecular complexity index is 709. The van der Waals surface area contributed by atoms with Crippen LogP contribution in [0.1, 0.15) is 12.0 Å². The van der Waals surface area contributed by atoms with E-state index in [1.165, 1.54) is 5.56 Å². The third-order valence-corrected chi connectivity index (χ3v) is 3.53. The average Bonchev–Trinajstić information content (AvgIpc) is 3.03. The smallest absolute Gasteiger partial charge is 0.242 e. The number of hydrogen-bond donors (Lipinski definition) is 2. The first-order valence-corrected chi connectivity index (χ1v) is 7.50. The molecule has 2 aromatic heterocycles. The van der Waals surface area contributed by atoms with Crippen LogP contribution in [0.5, 0.6) is 0 Å². The summed E-state index contributed by atoms with van der Waals surface area (Å²) in [6.07, 6.45) is 5.46. The van der Waals surface area contributed by atoms with Crippen molar-refractivity contribution in [1.29, 1.82) is 0 Å². The molecule has 0 aliphatic heterocycles. The number of aryl methyl sites for hydroxylation is 1. The third-order valence-electron chi connectivity index (χ3n) is 3.28. The van der Waals surface area contributed by atoms with E-state index >= 15 is 0 Å². The Hall–Kier alpha value is -2.40. The summed E-state index contributed by atoms with van der Waals surface area (Å²) in [5.41, 5.74) is 2.25. The van der Waals surface area contributed by atoms with E-state index in [0.29, 0.717) is 5.95 Å². The molecule has 112 valence electrons. The highest BCUT2D eigenvalue weighted by atomic mass is 35.5. The quantitative estimate of drug-likeness (QED) is 0.683. The lowest BCUT2D eigenvalue weighted by Crippen LogP contribution is -2.04. The Kier molecular flexibility index (Phi) is 4.65. The van der Waals surface area contributed by atoms with Gasteiger partial charge in [0.1, 0.15) is 0 Å². The average molecular weight is 314 g/mol. The van der Waals surface area contributed by atoms with Crippen LogP contribution in [0.15, 0.2) is 48.8 Å². The molecule has 0 unspecified atom stereocenters. The van der Waals surface area contributed by atoms with Gasteiger partial charge < -0.3 is 5.32 Å². The van der Waals surface area contributed by atoms with E-state index in [0.717, 1.165) is 35.8 Å². The Labute approximate surface area is 133 Å². The summed E-state index contributed by atoms with van der Waals surface area (Å²) in [6, 6.07) is 11.7. The van der Waals surface area contributed by atoms with Crippen LogP contribution in [0.25, 0.3) is 11.4 Å². The van der Waals surface area contributed by atoms with Crippen LogP contribution in [0.3, 0.4) is 0 Å². The molecule has 0 aliphatic carbocycles. The molecular formula is C16H16ClN5. The fourth-order valence-corrected chi connectivity index (χ4v) is 2.25. The standard InChI is InChI=1S/C16H16ClN5/c17-14-5-3-12(4-6-14)2-1-9-19-16-20-15(21-22-16)13-7-10-18-11-8-13/h3-8,10-11H,1-2,9H2,(H2,19,20,21,22). The lowest BCUT2D eigenvalue weighted by molar-refractivity contribution is 0.854. The van der Waals surface area contributed by atoms with Crippen molar-refractivity contribution < 1.29 is 0 Å². The molecule has 0 radical (unpaired) electrons. The van der Waals surface area contributed by atoms with Gasteiger partial charge in [-0.2, -0.15) is 4.98 Å².